The van der Waals surface area contributed by atoms with Crippen molar-refractivity contribution in [3.63, 3.8) is 0 Å². The number of rotatable bonds is 8. The Labute approximate surface area is 159 Å². The van der Waals surface area contributed by atoms with Crippen LogP contribution in [-0.4, -0.2) is 22.1 Å². The quantitative estimate of drug-likeness (QED) is 0.487. The number of benzene rings is 2. The molecule has 5 heteroatoms. The first-order valence-electron chi connectivity index (χ1n) is 9.13. The van der Waals surface area contributed by atoms with Crippen molar-refractivity contribution in [2.24, 2.45) is 0 Å². The van der Waals surface area contributed by atoms with Gasteiger partial charge in [-0.1, -0.05) is 36.4 Å². The van der Waals surface area contributed by atoms with Crippen molar-refractivity contribution < 1.29 is 9.53 Å². The Hall–Kier alpha value is -3.08. The van der Waals surface area contributed by atoms with Crippen molar-refractivity contribution in [1.82, 2.24) is 14.9 Å². The third-order valence-corrected chi connectivity index (χ3v) is 4.45. The standard InChI is InChI=1S/C22H25N3O2/c1-4-22(26)23-15-21-24-18-8-5-6-9-19(18)25(21)12-7-13-27-20-11-10-16(2)14-17(20)3/h4-6,8-11,14H,1,7,12-13,15H2,2-3H3,(H,23,26). The maximum absolute atomic E-state index is 11.5. The number of para-hydroxylation sites is 2. The zero-order valence-electron chi connectivity index (χ0n) is 15.9. The number of nitrogens with one attached hydrogen (secondary N) is 1. The van der Waals surface area contributed by atoms with E-state index in [1.54, 1.807) is 0 Å². The van der Waals surface area contributed by atoms with E-state index in [9.17, 15) is 4.79 Å². The van der Waals surface area contributed by atoms with Gasteiger partial charge in [0.05, 0.1) is 24.2 Å². The van der Waals surface area contributed by atoms with Gasteiger partial charge in [-0.25, -0.2) is 4.98 Å². The number of imidazole rings is 1. The van der Waals surface area contributed by atoms with Gasteiger partial charge in [-0.2, -0.15) is 0 Å². The summed E-state index contributed by atoms with van der Waals surface area (Å²) in [5.74, 6) is 1.55. The van der Waals surface area contributed by atoms with Crippen LogP contribution in [0.15, 0.2) is 55.1 Å². The molecule has 0 aliphatic rings. The lowest BCUT2D eigenvalue weighted by atomic mass is 10.1. The molecule has 1 N–H and O–H groups in total. The van der Waals surface area contributed by atoms with Crippen LogP contribution in [0, 0.1) is 13.8 Å². The summed E-state index contributed by atoms with van der Waals surface area (Å²) in [6.07, 6.45) is 2.11. The molecule has 0 radical (unpaired) electrons. The second kappa shape index (κ2) is 8.54. The minimum Gasteiger partial charge on any atom is -0.493 e. The van der Waals surface area contributed by atoms with E-state index < -0.39 is 0 Å². The van der Waals surface area contributed by atoms with E-state index in [1.165, 1.54) is 11.6 Å². The van der Waals surface area contributed by atoms with Crippen LogP contribution >= 0.6 is 0 Å². The molecule has 1 heterocycles. The van der Waals surface area contributed by atoms with Crippen LogP contribution in [0.5, 0.6) is 5.75 Å². The maximum atomic E-state index is 11.5. The van der Waals surface area contributed by atoms with Gasteiger partial charge >= 0.3 is 0 Å². The highest BCUT2D eigenvalue weighted by Crippen LogP contribution is 2.20. The van der Waals surface area contributed by atoms with Crippen LogP contribution < -0.4 is 10.1 Å². The largest absolute Gasteiger partial charge is 0.493 e. The van der Waals surface area contributed by atoms with Gasteiger partial charge in [-0.15, -0.1) is 0 Å². The summed E-state index contributed by atoms with van der Waals surface area (Å²) < 4.78 is 8.08. The van der Waals surface area contributed by atoms with E-state index in [1.807, 2.05) is 30.3 Å². The molecule has 0 atom stereocenters. The van der Waals surface area contributed by atoms with E-state index in [4.69, 9.17) is 4.74 Å². The van der Waals surface area contributed by atoms with Crippen LogP contribution in [0.3, 0.4) is 0 Å². The predicted octanol–water partition coefficient (Wildman–Crippen LogP) is 3.92. The Bertz CT molecular complexity index is 959. The van der Waals surface area contributed by atoms with Crippen LogP contribution in [0.25, 0.3) is 11.0 Å². The highest BCUT2D eigenvalue weighted by molar-refractivity contribution is 5.86. The lowest BCUT2D eigenvalue weighted by Crippen LogP contribution is -2.22. The molecule has 1 aromatic heterocycles. The predicted molar refractivity (Wildman–Crippen MR) is 108 cm³/mol. The van der Waals surface area contributed by atoms with Crippen molar-refractivity contribution in [2.45, 2.75) is 33.4 Å². The van der Waals surface area contributed by atoms with Crippen LogP contribution in [0.4, 0.5) is 0 Å². The van der Waals surface area contributed by atoms with Gasteiger partial charge in [0.2, 0.25) is 5.91 Å². The van der Waals surface area contributed by atoms with Gasteiger partial charge in [-0.05, 0) is 50.1 Å². The van der Waals surface area contributed by atoms with E-state index in [0.717, 1.165) is 41.1 Å². The summed E-state index contributed by atoms with van der Waals surface area (Å²) in [5.41, 5.74) is 4.37. The number of aryl methyl sites for hydroxylation is 3. The van der Waals surface area contributed by atoms with E-state index in [-0.39, 0.29) is 5.91 Å². The Kier molecular flexibility index (Phi) is 5.91. The highest BCUT2D eigenvalue weighted by Gasteiger charge is 2.11. The number of ether oxygens (including phenoxy) is 1. The molecule has 3 rings (SSSR count). The first-order chi connectivity index (χ1) is 13.1. The summed E-state index contributed by atoms with van der Waals surface area (Å²) in [5, 5.41) is 2.81. The molecule has 0 unspecified atom stereocenters. The smallest absolute Gasteiger partial charge is 0.243 e. The summed E-state index contributed by atoms with van der Waals surface area (Å²) in [7, 11) is 0. The minimum atomic E-state index is -0.202. The number of nitrogens with zero attached hydrogens (tertiary/aromatic N) is 2. The summed E-state index contributed by atoms with van der Waals surface area (Å²) in [6, 6.07) is 14.2. The second-order valence-electron chi connectivity index (χ2n) is 6.56. The molecular weight excluding hydrogens is 338 g/mol. The molecule has 0 bridgehead atoms. The molecule has 0 aliphatic heterocycles. The lowest BCUT2D eigenvalue weighted by molar-refractivity contribution is -0.116. The zero-order chi connectivity index (χ0) is 19.2. The third kappa shape index (κ3) is 4.56. The van der Waals surface area contributed by atoms with E-state index in [0.29, 0.717) is 13.2 Å². The number of amides is 1. The number of carbonyl (C=O) groups excluding carboxylic acids is 1. The van der Waals surface area contributed by atoms with Crippen LogP contribution in [0.1, 0.15) is 23.4 Å². The Balaban J connectivity index is 1.67. The first kappa shape index (κ1) is 18.7. The van der Waals surface area contributed by atoms with Gasteiger partial charge < -0.3 is 14.6 Å². The molecule has 1 amide bonds. The van der Waals surface area contributed by atoms with Gasteiger partial charge in [-0.3, -0.25) is 4.79 Å². The zero-order valence-corrected chi connectivity index (χ0v) is 15.9. The van der Waals surface area contributed by atoms with E-state index in [2.05, 4.69) is 47.4 Å². The number of fused-ring (bicyclic) bond motifs is 1. The highest BCUT2D eigenvalue weighted by atomic mass is 16.5. The monoisotopic (exact) mass is 363 g/mol. The molecule has 0 saturated heterocycles. The minimum absolute atomic E-state index is 0.202. The van der Waals surface area contributed by atoms with Gasteiger partial charge in [0.15, 0.2) is 0 Å². The third-order valence-electron chi connectivity index (χ3n) is 4.45. The molecule has 3 aromatic rings. The Morgan fingerprint density at radius 2 is 2.07 bits per heavy atom. The number of aromatic nitrogens is 2. The SMILES string of the molecule is C=CC(=O)NCc1nc2ccccc2n1CCCOc1ccc(C)cc1C. The fourth-order valence-corrected chi connectivity index (χ4v) is 3.11. The van der Waals surface area contributed by atoms with Crippen LogP contribution in [-0.2, 0) is 17.9 Å². The molecule has 0 fully saturated rings. The molecule has 0 saturated carbocycles. The van der Waals surface area contributed by atoms with Crippen molar-refractivity contribution >= 4 is 16.9 Å². The summed E-state index contributed by atoms with van der Waals surface area (Å²) in [6.45, 7) is 9.38. The van der Waals surface area contributed by atoms with Crippen molar-refractivity contribution in [1.29, 1.82) is 0 Å². The topological polar surface area (TPSA) is 56.2 Å². The molecule has 0 spiro atoms. The van der Waals surface area contributed by atoms with Crippen LogP contribution in [0.2, 0.25) is 0 Å². The average molecular weight is 363 g/mol. The molecule has 2 aromatic carbocycles. The summed E-state index contributed by atoms with van der Waals surface area (Å²) >= 11 is 0. The number of carbonyl (C=O) groups is 1. The Morgan fingerprint density at radius 3 is 2.85 bits per heavy atom. The normalized spacial score (nSPS) is 10.7. The van der Waals surface area contributed by atoms with Gasteiger partial charge in [0.25, 0.3) is 0 Å². The number of hydrogen-bond donors (Lipinski definition) is 1. The second-order valence-corrected chi connectivity index (χ2v) is 6.56. The average Bonchev–Trinajstić information content (AvgIpc) is 3.02. The molecule has 0 aliphatic carbocycles. The maximum Gasteiger partial charge on any atom is 0.243 e. The van der Waals surface area contributed by atoms with E-state index >= 15 is 0 Å². The Morgan fingerprint density at radius 1 is 1.26 bits per heavy atom. The lowest BCUT2D eigenvalue weighted by Gasteiger charge is -2.12. The number of hydrogen-bond acceptors (Lipinski definition) is 3. The van der Waals surface area contributed by atoms with Gasteiger partial charge in [0, 0.05) is 6.54 Å². The van der Waals surface area contributed by atoms with Crippen molar-refractivity contribution in [3.05, 3.63) is 72.1 Å². The fourth-order valence-electron chi connectivity index (χ4n) is 3.11. The molecular formula is C22H25N3O2. The fraction of sp³-hybridized carbons (Fsp3) is 0.273. The first-order valence-corrected chi connectivity index (χ1v) is 9.13. The molecule has 140 valence electrons. The molecule has 27 heavy (non-hydrogen) atoms. The molecule has 5 nitrogen and oxygen atoms in total. The summed E-state index contributed by atoms with van der Waals surface area (Å²) in [4.78, 5) is 16.2. The van der Waals surface area contributed by atoms with Gasteiger partial charge in [0.1, 0.15) is 11.6 Å². The van der Waals surface area contributed by atoms with Crippen molar-refractivity contribution in [3.8, 4) is 5.75 Å². The van der Waals surface area contributed by atoms with Crippen molar-refractivity contribution in [2.75, 3.05) is 6.61 Å².